The van der Waals surface area contributed by atoms with Crippen LogP contribution in [0.3, 0.4) is 0 Å². The molecule has 104 valence electrons. The molecular weight excluding hydrogens is 283 g/mol. The maximum absolute atomic E-state index is 12.2. The standard InChI is InChI=1S/C17H20OPS/c1-19(2,3)13-17(18)14-9-11-16(12-10-14)20-15-7-5-4-6-8-15/h4-12H,13H2,1-3H3/q+1. The first-order valence-corrected chi connectivity index (χ1v) is 10.7. The van der Waals surface area contributed by atoms with Crippen molar-refractivity contribution in [2.24, 2.45) is 0 Å². The molecule has 0 aliphatic carbocycles. The smallest absolute Gasteiger partial charge is 0.199 e. The molecule has 0 heterocycles. The average Bonchev–Trinajstić information content (AvgIpc) is 2.39. The maximum atomic E-state index is 12.2. The molecule has 0 bridgehead atoms. The fraction of sp³-hybridized carbons (Fsp3) is 0.235. The van der Waals surface area contributed by atoms with Gasteiger partial charge in [-0.15, -0.1) is 0 Å². The highest BCUT2D eigenvalue weighted by molar-refractivity contribution is 7.99. The zero-order valence-corrected chi connectivity index (χ0v) is 13.9. The van der Waals surface area contributed by atoms with E-state index < -0.39 is 7.26 Å². The predicted molar refractivity (Wildman–Crippen MR) is 90.9 cm³/mol. The van der Waals surface area contributed by atoms with Gasteiger partial charge in [0.15, 0.2) is 5.78 Å². The molecule has 0 aromatic heterocycles. The third-order valence-electron chi connectivity index (χ3n) is 2.77. The van der Waals surface area contributed by atoms with E-state index in [9.17, 15) is 4.79 Å². The fourth-order valence-corrected chi connectivity index (χ4v) is 3.74. The summed E-state index contributed by atoms with van der Waals surface area (Å²) < 4.78 is 0. The van der Waals surface area contributed by atoms with Crippen LogP contribution in [0.5, 0.6) is 0 Å². The Morgan fingerprint density at radius 1 is 0.900 bits per heavy atom. The van der Waals surface area contributed by atoms with E-state index >= 15 is 0 Å². The van der Waals surface area contributed by atoms with E-state index in [1.54, 1.807) is 11.8 Å². The molecule has 0 atom stereocenters. The first kappa shape index (κ1) is 15.3. The van der Waals surface area contributed by atoms with Crippen molar-refractivity contribution < 1.29 is 4.79 Å². The lowest BCUT2D eigenvalue weighted by atomic mass is 10.1. The fourth-order valence-electron chi connectivity index (χ4n) is 1.86. The van der Waals surface area contributed by atoms with Crippen molar-refractivity contribution in [3.8, 4) is 0 Å². The number of benzene rings is 2. The lowest BCUT2D eigenvalue weighted by Crippen LogP contribution is -2.08. The normalized spacial score (nSPS) is 11.3. The quantitative estimate of drug-likeness (QED) is 0.575. The number of carbonyl (C=O) groups is 1. The van der Waals surface area contributed by atoms with Crippen molar-refractivity contribution in [2.75, 3.05) is 26.2 Å². The molecule has 2 aromatic carbocycles. The van der Waals surface area contributed by atoms with Crippen molar-refractivity contribution in [3.05, 3.63) is 60.2 Å². The Morgan fingerprint density at radius 3 is 2.00 bits per heavy atom. The third kappa shape index (κ3) is 4.77. The molecule has 2 aromatic rings. The lowest BCUT2D eigenvalue weighted by Gasteiger charge is -2.10. The van der Waals surface area contributed by atoms with Crippen molar-refractivity contribution in [3.63, 3.8) is 0 Å². The Bertz CT molecular complexity index is 570. The lowest BCUT2D eigenvalue weighted by molar-refractivity contribution is 0.102. The van der Waals surface area contributed by atoms with Gasteiger partial charge in [-0.05, 0) is 24.3 Å². The minimum Gasteiger partial charge on any atom is -0.290 e. The molecule has 0 unspecified atom stereocenters. The third-order valence-corrected chi connectivity index (χ3v) is 5.02. The van der Waals surface area contributed by atoms with Gasteiger partial charge < -0.3 is 0 Å². The summed E-state index contributed by atoms with van der Waals surface area (Å²) in [4.78, 5) is 14.5. The van der Waals surface area contributed by atoms with E-state index in [0.29, 0.717) is 6.16 Å². The van der Waals surface area contributed by atoms with Crippen molar-refractivity contribution in [1.82, 2.24) is 0 Å². The minimum atomic E-state index is -1.06. The number of rotatable bonds is 5. The number of carbonyl (C=O) groups excluding carboxylic acids is 1. The molecule has 0 aliphatic rings. The van der Waals surface area contributed by atoms with Crippen LogP contribution in [0.15, 0.2) is 64.4 Å². The van der Waals surface area contributed by atoms with Gasteiger partial charge in [0.25, 0.3) is 0 Å². The predicted octanol–water partition coefficient (Wildman–Crippen LogP) is 4.93. The van der Waals surface area contributed by atoms with Crippen molar-refractivity contribution >= 4 is 24.8 Å². The van der Waals surface area contributed by atoms with Crippen LogP contribution in [0.25, 0.3) is 0 Å². The number of hydrogen-bond donors (Lipinski definition) is 0. The van der Waals surface area contributed by atoms with Gasteiger partial charge in [-0.2, -0.15) is 0 Å². The Labute approximate surface area is 126 Å². The Morgan fingerprint density at radius 2 is 1.45 bits per heavy atom. The highest BCUT2D eigenvalue weighted by Crippen LogP contribution is 2.46. The minimum absolute atomic E-state index is 0.266. The van der Waals surface area contributed by atoms with Gasteiger partial charge in [0.1, 0.15) is 6.16 Å². The van der Waals surface area contributed by atoms with E-state index in [0.717, 1.165) is 5.56 Å². The number of Topliss-reactive ketones (excluding diaryl/α,β-unsaturated/α-hetero) is 1. The molecule has 3 heteroatoms. The van der Waals surface area contributed by atoms with E-state index in [-0.39, 0.29) is 5.78 Å². The van der Waals surface area contributed by atoms with Gasteiger partial charge >= 0.3 is 0 Å². The van der Waals surface area contributed by atoms with E-state index in [4.69, 9.17) is 0 Å². The van der Waals surface area contributed by atoms with Gasteiger partial charge in [0, 0.05) is 42.6 Å². The molecule has 0 radical (unpaired) electrons. The van der Waals surface area contributed by atoms with Crippen molar-refractivity contribution in [2.45, 2.75) is 9.79 Å². The highest BCUT2D eigenvalue weighted by atomic mass is 32.2. The summed E-state index contributed by atoms with van der Waals surface area (Å²) in [5, 5.41) is 0. The molecule has 0 aliphatic heterocycles. The van der Waals surface area contributed by atoms with E-state index in [1.165, 1.54) is 9.79 Å². The van der Waals surface area contributed by atoms with Crippen LogP contribution in [0.1, 0.15) is 10.4 Å². The largest absolute Gasteiger partial charge is 0.290 e. The summed E-state index contributed by atoms with van der Waals surface area (Å²) in [6, 6.07) is 18.2. The van der Waals surface area contributed by atoms with Crippen LogP contribution >= 0.6 is 19.0 Å². The molecule has 2 rings (SSSR count). The summed E-state index contributed by atoms with van der Waals surface area (Å²) in [7, 11) is -1.06. The second-order valence-corrected chi connectivity index (χ2v) is 11.9. The summed E-state index contributed by atoms with van der Waals surface area (Å²) in [6.45, 7) is 6.60. The Hall–Kier alpha value is -1.11. The molecular formula is C17H20OPS+. The van der Waals surface area contributed by atoms with Crippen LogP contribution in [0.2, 0.25) is 0 Å². The molecule has 0 saturated carbocycles. The first-order valence-electron chi connectivity index (χ1n) is 6.61. The molecule has 0 saturated heterocycles. The zero-order valence-electron chi connectivity index (χ0n) is 12.2. The summed E-state index contributed by atoms with van der Waals surface area (Å²) in [5.74, 6) is 0.266. The summed E-state index contributed by atoms with van der Waals surface area (Å²) in [5.41, 5.74) is 0.831. The van der Waals surface area contributed by atoms with Crippen molar-refractivity contribution in [1.29, 1.82) is 0 Å². The van der Waals surface area contributed by atoms with Gasteiger partial charge in [-0.1, -0.05) is 42.1 Å². The molecule has 1 nitrogen and oxygen atoms in total. The van der Waals surface area contributed by atoms with E-state index in [1.807, 2.05) is 42.5 Å². The van der Waals surface area contributed by atoms with E-state index in [2.05, 4.69) is 32.1 Å². The second-order valence-electron chi connectivity index (χ2n) is 5.81. The van der Waals surface area contributed by atoms with Crippen LogP contribution in [-0.4, -0.2) is 31.9 Å². The average molecular weight is 303 g/mol. The monoisotopic (exact) mass is 303 g/mol. The molecule has 0 fully saturated rings. The second kappa shape index (κ2) is 6.56. The maximum Gasteiger partial charge on any atom is 0.199 e. The summed E-state index contributed by atoms with van der Waals surface area (Å²) >= 11 is 1.72. The van der Waals surface area contributed by atoms with Crippen LogP contribution < -0.4 is 0 Å². The highest BCUT2D eigenvalue weighted by Gasteiger charge is 2.23. The number of hydrogen-bond acceptors (Lipinski definition) is 2. The Balaban J connectivity index is 2.05. The van der Waals surface area contributed by atoms with Gasteiger partial charge in [0.05, 0.1) is 0 Å². The topological polar surface area (TPSA) is 17.1 Å². The van der Waals surface area contributed by atoms with Gasteiger partial charge in [-0.25, -0.2) is 0 Å². The molecule has 20 heavy (non-hydrogen) atoms. The molecule has 0 N–H and O–H groups in total. The van der Waals surface area contributed by atoms with Crippen LogP contribution in [0, 0.1) is 0 Å². The molecule has 0 spiro atoms. The Kier molecular flexibility index (Phi) is 5.01. The summed E-state index contributed by atoms with van der Waals surface area (Å²) in [6.07, 6.45) is 0.693. The van der Waals surface area contributed by atoms with Crippen LogP contribution in [-0.2, 0) is 0 Å². The zero-order chi connectivity index (χ0) is 14.6. The SMILES string of the molecule is C[P+](C)(C)CC(=O)c1ccc(Sc2ccccc2)cc1. The van der Waals surface area contributed by atoms with Gasteiger partial charge in [0.2, 0.25) is 0 Å². The first-order chi connectivity index (χ1) is 9.44. The molecule has 0 amide bonds. The number of ketones is 1. The van der Waals surface area contributed by atoms with Crippen LogP contribution in [0.4, 0.5) is 0 Å². The van der Waals surface area contributed by atoms with Gasteiger partial charge in [-0.3, -0.25) is 4.79 Å².